The van der Waals surface area contributed by atoms with Gasteiger partial charge in [0.05, 0.1) is 6.54 Å². The number of nitrogens with one attached hydrogen (secondary N) is 1. The van der Waals surface area contributed by atoms with Crippen LogP contribution in [0.15, 0.2) is 0 Å². The van der Waals surface area contributed by atoms with Crippen LogP contribution < -0.4 is 5.32 Å². The quantitative estimate of drug-likeness (QED) is 0.616. The van der Waals surface area contributed by atoms with Gasteiger partial charge >= 0.3 is 0 Å². The van der Waals surface area contributed by atoms with E-state index in [1.807, 2.05) is 7.05 Å². The highest BCUT2D eigenvalue weighted by Gasteiger charge is 2.26. The third-order valence-electron chi connectivity index (χ3n) is 1.76. The third-order valence-corrected chi connectivity index (χ3v) is 1.76. The fraction of sp³-hybridized carbons (Fsp3) is 1.00. The highest BCUT2D eigenvalue weighted by Crippen LogP contribution is 2.08. The summed E-state index contributed by atoms with van der Waals surface area (Å²) in [5, 5.41) is 3.02. The summed E-state index contributed by atoms with van der Waals surface area (Å²) in [6.07, 6.45) is -2.18. The lowest BCUT2D eigenvalue weighted by atomic mass is 10.1. The van der Waals surface area contributed by atoms with Gasteiger partial charge in [0.15, 0.2) is 0 Å². The molecule has 2 nitrogen and oxygen atoms in total. The second-order valence-electron chi connectivity index (χ2n) is 2.60. The minimum absolute atomic E-state index is 0.0713. The van der Waals surface area contributed by atoms with E-state index >= 15 is 0 Å². The van der Waals surface area contributed by atoms with Crippen molar-refractivity contribution in [2.24, 2.45) is 0 Å². The van der Waals surface area contributed by atoms with Crippen molar-refractivity contribution >= 4 is 0 Å². The zero-order valence-electron chi connectivity index (χ0n) is 5.98. The smallest absolute Gasteiger partial charge is 0.251 e. The highest BCUT2D eigenvalue weighted by molar-refractivity contribution is 4.84. The summed E-state index contributed by atoms with van der Waals surface area (Å²) in [7, 11) is 1.85. The van der Waals surface area contributed by atoms with Crippen LogP contribution in [-0.2, 0) is 0 Å². The summed E-state index contributed by atoms with van der Waals surface area (Å²) in [5.74, 6) is 0. The Kier molecular flexibility index (Phi) is 2.56. The van der Waals surface area contributed by atoms with Crippen LogP contribution in [-0.4, -0.2) is 44.0 Å². The molecule has 0 aromatic rings. The number of rotatable bonds is 3. The molecule has 0 amide bonds. The maximum atomic E-state index is 11.7. The Hall–Kier alpha value is -0.220. The van der Waals surface area contributed by atoms with E-state index in [-0.39, 0.29) is 6.54 Å². The molecule has 1 rings (SSSR count). The van der Waals surface area contributed by atoms with Gasteiger partial charge in [-0.2, -0.15) is 0 Å². The fourth-order valence-corrected chi connectivity index (χ4v) is 1.10. The summed E-state index contributed by atoms with van der Waals surface area (Å²) in [6, 6.07) is 0.429. The van der Waals surface area contributed by atoms with Gasteiger partial charge in [-0.1, -0.05) is 0 Å². The maximum absolute atomic E-state index is 11.7. The summed E-state index contributed by atoms with van der Waals surface area (Å²) in [6.45, 7) is 1.46. The molecule has 60 valence electrons. The second-order valence-corrected chi connectivity index (χ2v) is 2.60. The molecule has 0 atom stereocenters. The number of likely N-dealkylation sites (N-methyl/N-ethyl adjacent to an activating group) is 1. The molecule has 1 fully saturated rings. The predicted octanol–water partition coefficient (Wildman–Crippen LogP) is 0.155. The summed E-state index contributed by atoms with van der Waals surface area (Å²) in [5.41, 5.74) is 0. The van der Waals surface area contributed by atoms with E-state index in [1.165, 1.54) is 0 Å². The number of hydrogen-bond acceptors (Lipinski definition) is 2. The minimum Gasteiger partial charge on any atom is -0.315 e. The first kappa shape index (κ1) is 7.88. The standard InChI is InChI=1S/C6H12F2N2/c1-9-5-2-10(3-5)4-6(7)8/h5-6,9H,2-4H2,1H3. The lowest BCUT2D eigenvalue weighted by molar-refractivity contribution is 0.0412. The topological polar surface area (TPSA) is 15.3 Å². The van der Waals surface area contributed by atoms with Crippen molar-refractivity contribution < 1.29 is 8.78 Å². The molecule has 10 heavy (non-hydrogen) atoms. The maximum Gasteiger partial charge on any atom is 0.251 e. The molecule has 0 radical (unpaired) electrons. The van der Waals surface area contributed by atoms with Crippen molar-refractivity contribution in [1.82, 2.24) is 10.2 Å². The van der Waals surface area contributed by atoms with Crippen LogP contribution in [0.25, 0.3) is 0 Å². The molecule has 0 aromatic heterocycles. The van der Waals surface area contributed by atoms with Gasteiger partial charge in [-0.15, -0.1) is 0 Å². The monoisotopic (exact) mass is 150 g/mol. The Morgan fingerprint density at radius 1 is 1.60 bits per heavy atom. The van der Waals surface area contributed by atoms with Crippen molar-refractivity contribution in [3.8, 4) is 0 Å². The molecule has 4 heteroatoms. The van der Waals surface area contributed by atoms with Gasteiger partial charge in [0.2, 0.25) is 0 Å². The molecule has 0 bridgehead atoms. The number of halogens is 2. The molecular formula is C6H12F2N2. The largest absolute Gasteiger partial charge is 0.315 e. The lowest BCUT2D eigenvalue weighted by Gasteiger charge is -2.38. The molecule has 0 aliphatic carbocycles. The van der Waals surface area contributed by atoms with E-state index in [9.17, 15) is 8.78 Å². The number of nitrogens with zero attached hydrogens (tertiary/aromatic N) is 1. The van der Waals surface area contributed by atoms with Crippen LogP contribution in [0.3, 0.4) is 0 Å². The predicted molar refractivity (Wildman–Crippen MR) is 35.3 cm³/mol. The third kappa shape index (κ3) is 1.88. The van der Waals surface area contributed by atoms with Gasteiger partial charge in [-0.3, -0.25) is 4.90 Å². The molecule has 0 spiro atoms. The summed E-state index contributed by atoms with van der Waals surface area (Å²) < 4.78 is 23.4. The molecule has 0 saturated carbocycles. The average Bonchev–Trinajstić information content (AvgIpc) is 1.76. The number of hydrogen-bond donors (Lipinski definition) is 1. The Bertz CT molecular complexity index is 102. The van der Waals surface area contributed by atoms with Gasteiger partial charge in [0, 0.05) is 19.1 Å². The number of likely N-dealkylation sites (tertiary alicyclic amines) is 1. The van der Waals surface area contributed by atoms with E-state index < -0.39 is 6.43 Å². The molecule has 1 aliphatic rings. The Balaban J connectivity index is 2.03. The van der Waals surface area contributed by atoms with Crippen LogP contribution in [0.5, 0.6) is 0 Å². The fourth-order valence-electron chi connectivity index (χ4n) is 1.10. The first-order valence-electron chi connectivity index (χ1n) is 3.40. The van der Waals surface area contributed by atoms with E-state index in [0.29, 0.717) is 6.04 Å². The van der Waals surface area contributed by atoms with Crippen molar-refractivity contribution in [2.75, 3.05) is 26.7 Å². The lowest BCUT2D eigenvalue weighted by Crippen LogP contribution is -2.57. The molecule has 1 N–H and O–H groups in total. The molecule has 1 aliphatic heterocycles. The molecule has 1 saturated heterocycles. The van der Waals surface area contributed by atoms with E-state index in [2.05, 4.69) is 5.32 Å². The SMILES string of the molecule is CNC1CN(CC(F)F)C1. The van der Waals surface area contributed by atoms with E-state index in [1.54, 1.807) is 4.90 Å². The first-order chi connectivity index (χ1) is 4.72. The van der Waals surface area contributed by atoms with Gasteiger partial charge in [-0.25, -0.2) is 8.78 Å². The zero-order chi connectivity index (χ0) is 7.56. The highest BCUT2D eigenvalue weighted by atomic mass is 19.3. The van der Waals surface area contributed by atoms with Crippen LogP contribution >= 0.6 is 0 Å². The van der Waals surface area contributed by atoms with Crippen molar-refractivity contribution in [3.63, 3.8) is 0 Å². The van der Waals surface area contributed by atoms with Crippen LogP contribution in [0, 0.1) is 0 Å². The van der Waals surface area contributed by atoms with Gasteiger partial charge in [0.25, 0.3) is 6.43 Å². The van der Waals surface area contributed by atoms with E-state index in [4.69, 9.17) is 0 Å². The van der Waals surface area contributed by atoms with Gasteiger partial charge in [-0.05, 0) is 7.05 Å². The average molecular weight is 150 g/mol. The second kappa shape index (κ2) is 3.25. The van der Waals surface area contributed by atoms with Crippen molar-refractivity contribution in [3.05, 3.63) is 0 Å². The van der Waals surface area contributed by atoms with Gasteiger partial charge < -0.3 is 5.32 Å². The molecule has 1 heterocycles. The number of alkyl halides is 2. The Labute approximate surface area is 59.2 Å². The molecule has 0 unspecified atom stereocenters. The van der Waals surface area contributed by atoms with E-state index in [0.717, 1.165) is 13.1 Å². The Morgan fingerprint density at radius 3 is 2.60 bits per heavy atom. The molecule has 0 aromatic carbocycles. The van der Waals surface area contributed by atoms with Crippen molar-refractivity contribution in [1.29, 1.82) is 0 Å². The normalized spacial score (nSPS) is 21.6. The summed E-state index contributed by atoms with van der Waals surface area (Å²) in [4.78, 5) is 1.74. The summed E-state index contributed by atoms with van der Waals surface area (Å²) >= 11 is 0. The minimum atomic E-state index is -2.18. The van der Waals surface area contributed by atoms with Gasteiger partial charge in [0.1, 0.15) is 0 Å². The molecular weight excluding hydrogens is 138 g/mol. The Morgan fingerprint density at radius 2 is 2.20 bits per heavy atom. The van der Waals surface area contributed by atoms with Crippen molar-refractivity contribution in [2.45, 2.75) is 12.5 Å². The first-order valence-corrected chi connectivity index (χ1v) is 3.40. The van der Waals surface area contributed by atoms with Crippen LogP contribution in [0.2, 0.25) is 0 Å². The zero-order valence-corrected chi connectivity index (χ0v) is 5.98. The van der Waals surface area contributed by atoms with Crippen LogP contribution in [0.4, 0.5) is 8.78 Å². The van der Waals surface area contributed by atoms with Crippen LogP contribution in [0.1, 0.15) is 0 Å².